The third kappa shape index (κ3) is 2.62. The Hall–Kier alpha value is -1.66. The van der Waals surface area contributed by atoms with Crippen LogP contribution in [0, 0.1) is 0 Å². The number of nitrogens with zero attached hydrogens (tertiary/aromatic N) is 3. The van der Waals surface area contributed by atoms with Gasteiger partial charge in [0.2, 0.25) is 11.7 Å². The van der Waals surface area contributed by atoms with E-state index in [1.807, 2.05) is 6.07 Å². The van der Waals surface area contributed by atoms with Crippen molar-refractivity contribution in [2.75, 3.05) is 13.1 Å². The molecule has 1 fully saturated rings. The Morgan fingerprint density at radius 2 is 2.05 bits per heavy atom. The van der Waals surface area contributed by atoms with Gasteiger partial charge in [0.05, 0.1) is 24.5 Å². The van der Waals surface area contributed by atoms with Crippen molar-refractivity contribution in [1.82, 2.24) is 15.0 Å². The van der Waals surface area contributed by atoms with E-state index < -0.39 is 0 Å². The van der Waals surface area contributed by atoms with Crippen molar-refractivity contribution in [3.63, 3.8) is 0 Å². The van der Waals surface area contributed by atoms with Gasteiger partial charge in [0.25, 0.3) is 0 Å². The normalized spacial score (nSPS) is 25.8. The summed E-state index contributed by atoms with van der Waals surface area (Å²) in [6, 6.07) is 3.69. The fraction of sp³-hybridized carbons (Fsp3) is 0.571. The highest BCUT2D eigenvalue weighted by Gasteiger charge is 2.29. The number of aromatic nitrogens is 2. The average Bonchev–Trinajstić information content (AvgIpc) is 3.07. The Balaban J connectivity index is 1.75. The van der Waals surface area contributed by atoms with E-state index in [9.17, 15) is 0 Å². The molecule has 3 heterocycles. The van der Waals surface area contributed by atoms with Gasteiger partial charge in [-0.2, -0.15) is 4.98 Å². The Bertz CT molecular complexity index is 542. The predicted molar refractivity (Wildman–Crippen MR) is 72.0 cm³/mol. The van der Waals surface area contributed by atoms with Gasteiger partial charge >= 0.3 is 0 Å². The van der Waals surface area contributed by atoms with Gasteiger partial charge in [0.15, 0.2) is 5.76 Å². The fourth-order valence-electron chi connectivity index (χ4n) is 2.60. The van der Waals surface area contributed by atoms with Crippen LogP contribution < -0.4 is 0 Å². The Kier molecular flexibility index (Phi) is 3.58. The van der Waals surface area contributed by atoms with Gasteiger partial charge in [-0.25, -0.2) is 0 Å². The van der Waals surface area contributed by atoms with Crippen molar-refractivity contribution >= 4 is 0 Å². The maximum Gasteiger partial charge on any atom is 0.244 e. The maximum atomic E-state index is 5.74. The predicted octanol–water partition coefficient (Wildman–Crippen LogP) is 2.50. The second-order valence-corrected chi connectivity index (χ2v) is 5.32. The van der Waals surface area contributed by atoms with Crippen molar-refractivity contribution in [3.05, 3.63) is 24.3 Å². The van der Waals surface area contributed by atoms with Crippen LogP contribution in [0.25, 0.3) is 11.6 Å². The van der Waals surface area contributed by atoms with Gasteiger partial charge in [-0.1, -0.05) is 5.16 Å². The zero-order valence-electron chi connectivity index (χ0n) is 11.9. The SMILES string of the molecule is C[C@@H]1CN([C@H](C)c2nc(-c3ccco3)no2)C[C@@H](C)O1. The zero-order valence-corrected chi connectivity index (χ0v) is 11.9. The number of ether oxygens (including phenoxy) is 1. The van der Waals surface area contributed by atoms with Crippen LogP contribution in [-0.4, -0.2) is 40.3 Å². The van der Waals surface area contributed by atoms with Crippen molar-refractivity contribution in [2.24, 2.45) is 0 Å². The van der Waals surface area contributed by atoms with Gasteiger partial charge in [-0.3, -0.25) is 4.90 Å². The molecule has 1 saturated heterocycles. The minimum atomic E-state index is 0.0695. The molecule has 0 amide bonds. The highest BCUT2D eigenvalue weighted by Crippen LogP contribution is 2.25. The standard InChI is InChI=1S/C14H19N3O3/c1-9-7-17(8-10(2)19-9)11(3)14-15-13(16-20-14)12-5-4-6-18-12/h4-6,9-11H,7-8H2,1-3H3/t9-,10-,11-/m1/s1. The summed E-state index contributed by atoms with van der Waals surface area (Å²) in [6.45, 7) is 7.97. The molecule has 2 aromatic heterocycles. The van der Waals surface area contributed by atoms with Crippen molar-refractivity contribution < 1.29 is 13.7 Å². The summed E-state index contributed by atoms with van der Waals surface area (Å²) in [7, 11) is 0. The molecule has 3 rings (SSSR count). The Morgan fingerprint density at radius 1 is 1.30 bits per heavy atom. The van der Waals surface area contributed by atoms with Crippen LogP contribution in [0.5, 0.6) is 0 Å². The third-order valence-corrected chi connectivity index (χ3v) is 3.54. The molecule has 3 atom stereocenters. The number of furan rings is 1. The van der Waals surface area contributed by atoms with Crippen molar-refractivity contribution in [1.29, 1.82) is 0 Å². The fourth-order valence-corrected chi connectivity index (χ4v) is 2.60. The van der Waals surface area contributed by atoms with E-state index in [0.717, 1.165) is 13.1 Å². The van der Waals surface area contributed by atoms with Crippen LogP contribution in [0.4, 0.5) is 0 Å². The molecule has 20 heavy (non-hydrogen) atoms. The van der Waals surface area contributed by atoms with E-state index in [1.165, 1.54) is 0 Å². The van der Waals surface area contributed by atoms with E-state index in [-0.39, 0.29) is 18.2 Å². The van der Waals surface area contributed by atoms with E-state index >= 15 is 0 Å². The third-order valence-electron chi connectivity index (χ3n) is 3.54. The molecule has 108 valence electrons. The molecule has 0 unspecified atom stereocenters. The first-order chi connectivity index (χ1) is 9.63. The second kappa shape index (κ2) is 5.38. The van der Waals surface area contributed by atoms with Crippen molar-refractivity contribution in [2.45, 2.75) is 39.0 Å². The molecule has 0 aromatic carbocycles. The molecule has 0 radical (unpaired) electrons. The molecule has 0 bridgehead atoms. The summed E-state index contributed by atoms with van der Waals surface area (Å²) < 4.78 is 16.4. The molecule has 0 saturated carbocycles. The largest absolute Gasteiger partial charge is 0.461 e. The van der Waals surface area contributed by atoms with Gasteiger partial charge in [0, 0.05) is 13.1 Å². The van der Waals surface area contributed by atoms with Gasteiger partial charge in [0.1, 0.15) is 0 Å². The molecule has 0 aliphatic carbocycles. The van der Waals surface area contributed by atoms with E-state index in [4.69, 9.17) is 13.7 Å². The minimum absolute atomic E-state index is 0.0695. The lowest BCUT2D eigenvalue weighted by Crippen LogP contribution is -2.46. The monoisotopic (exact) mass is 277 g/mol. The number of rotatable bonds is 3. The summed E-state index contributed by atoms with van der Waals surface area (Å²) in [4.78, 5) is 6.73. The summed E-state index contributed by atoms with van der Waals surface area (Å²) in [5, 5.41) is 3.97. The number of hydrogen-bond acceptors (Lipinski definition) is 6. The molecule has 1 aliphatic heterocycles. The lowest BCUT2D eigenvalue weighted by molar-refractivity contribution is -0.0818. The highest BCUT2D eigenvalue weighted by molar-refractivity contribution is 5.44. The molecule has 6 nitrogen and oxygen atoms in total. The zero-order chi connectivity index (χ0) is 14.1. The number of morpholine rings is 1. The van der Waals surface area contributed by atoms with E-state index in [0.29, 0.717) is 17.5 Å². The first-order valence-corrected chi connectivity index (χ1v) is 6.90. The smallest absolute Gasteiger partial charge is 0.244 e. The molecule has 0 spiro atoms. The van der Waals surface area contributed by atoms with Crippen LogP contribution in [0.3, 0.4) is 0 Å². The highest BCUT2D eigenvalue weighted by atomic mass is 16.5. The van der Waals surface area contributed by atoms with Crippen molar-refractivity contribution in [3.8, 4) is 11.6 Å². The van der Waals surface area contributed by atoms with Crippen LogP contribution in [0.15, 0.2) is 27.3 Å². The first kappa shape index (κ1) is 13.3. The minimum Gasteiger partial charge on any atom is -0.461 e. The summed E-state index contributed by atoms with van der Waals surface area (Å²) in [5.41, 5.74) is 0. The average molecular weight is 277 g/mol. The van der Waals surface area contributed by atoms with E-state index in [2.05, 4.69) is 35.8 Å². The quantitative estimate of drug-likeness (QED) is 0.859. The molecule has 0 N–H and O–H groups in total. The summed E-state index contributed by atoms with van der Waals surface area (Å²) in [6.07, 6.45) is 2.03. The molecular formula is C14H19N3O3. The molecule has 2 aromatic rings. The molecule has 6 heteroatoms. The van der Waals surface area contributed by atoms with Crippen LogP contribution >= 0.6 is 0 Å². The van der Waals surface area contributed by atoms with Crippen LogP contribution in [0.2, 0.25) is 0 Å². The molecular weight excluding hydrogens is 258 g/mol. The maximum absolute atomic E-state index is 5.74. The first-order valence-electron chi connectivity index (χ1n) is 6.90. The van der Waals surface area contributed by atoms with Gasteiger partial charge < -0.3 is 13.7 Å². The second-order valence-electron chi connectivity index (χ2n) is 5.32. The summed E-state index contributed by atoms with van der Waals surface area (Å²) in [5.74, 6) is 1.72. The van der Waals surface area contributed by atoms with E-state index in [1.54, 1.807) is 12.3 Å². The Labute approximate surface area is 117 Å². The van der Waals surface area contributed by atoms with Gasteiger partial charge in [-0.05, 0) is 32.9 Å². The lowest BCUT2D eigenvalue weighted by Gasteiger charge is -2.37. The molecule has 1 aliphatic rings. The lowest BCUT2D eigenvalue weighted by atomic mass is 10.2. The number of hydrogen-bond donors (Lipinski definition) is 0. The van der Waals surface area contributed by atoms with Crippen LogP contribution in [0.1, 0.15) is 32.7 Å². The van der Waals surface area contributed by atoms with Gasteiger partial charge in [-0.15, -0.1) is 0 Å². The topological polar surface area (TPSA) is 64.5 Å². The summed E-state index contributed by atoms with van der Waals surface area (Å²) >= 11 is 0. The Morgan fingerprint density at radius 3 is 2.70 bits per heavy atom. The van der Waals surface area contributed by atoms with Crippen LogP contribution in [-0.2, 0) is 4.74 Å².